The van der Waals surface area contributed by atoms with Gasteiger partial charge in [0.2, 0.25) is 0 Å². The van der Waals surface area contributed by atoms with Crippen molar-refractivity contribution in [1.29, 1.82) is 0 Å². The lowest BCUT2D eigenvalue weighted by atomic mass is 9.92. The molecule has 0 spiro atoms. The molecule has 0 aliphatic carbocycles. The monoisotopic (exact) mass is 290 g/mol. The summed E-state index contributed by atoms with van der Waals surface area (Å²) in [6.07, 6.45) is 1.68. The van der Waals surface area contributed by atoms with E-state index < -0.39 is 18.5 Å². The fourth-order valence-electron chi connectivity index (χ4n) is 1.91. The number of aliphatic hydroxyl groups excluding tert-OH is 1. The number of rotatable bonds is 8. The first-order chi connectivity index (χ1) is 9.14. The molecule has 0 aliphatic rings. The smallest absolute Gasteiger partial charge is 0.389 e. The van der Waals surface area contributed by atoms with Crippen molar-refractivity contribution in [2.75, 3.05) is 0 Å². The number of hydrogen-bond acceptors (Lipinski definition) is 1. The van der Waals surface area contributed by atoms with Gasteiger partial charge < -0.3 is 5.11 Å². The molecule has 1 atom stereocenters. The molecular weight excluding hydrogens is 265 g/mol. The largest absolute Gasteiger partial charge is 0.508 e. The van der Waals surface area contributed by atoms with Gasteiger partial charge in [0.25, 0.3) is 0 Å². The fraction of sp³-hybridized carbons (Fsp3) is 0.625. The predicted octanol–water partition coefficient (Wildman–Crippen LogP) is 5.96. The lowest BCUT2D eigenvalue weighted by Crippen LogP contribution is -2.13. The normalized spacial score (nSPS) is 15.6. The molecule has 116 valence electrons. The highest BCUT2D eigenvalue weighted by molar-refractivity contribution is 5.19. The van der Waals surface area contributed by atoms with E-state index in [9.17, 15) is 18.3 Å². The summed E-state index contributed by atoms with van der Waals surface area (Å²) in [6, 6.07) is 0. The first kappa shape index (κ1) is 18.8. The molecule has 0 saturated carbocycles. The van der Waals surface area contributed by atoms with Crippen LogP contribution in [0.3, 0.4) is 0 Å². The third kappa shape index (κ3) is 10.7. The maximum Gasteiger partial charge on any atom is 0.389 e. The van der Waals surface area contributed by atoms with Crippen molar-refractivity contribution >= 4 is 0 Å². The lowest BCUT2D eigenvalue weighted by molar-refractivity contribution is -0.143. The van der Waals surface area contributed by atoms with E-state index in [2.05, 4.69) is 20.4 Å². The van der Waals surface area contributed by atoms with Gasteiger partial charge in [-0.2, -0.15) is 13.2 Å². The molecule has 0 aromatic heterocycles. The number of halogens is 3. The SMILES string of the molecule is C=C/C(O)=C\C=C(/CCC(C)C)CC(C)CC(F)(F)F. The van der Waals surface area contributed by atoms with Crippen LogP contribution in [-0.4, -0.2) is 11.3 Å². The van der Waals surface area contributed by atoms with Gasteiger partial charge >= 0.3 is 6.18 Å². The molecule has 0 aromatic rings. The first-order valence-electron chi connectivity index (χ1n) is 6.92. The minimum absolute atomic E-state index is 0.0236. The van der Waals surface area contributed by atoms with Crippen molar-refractivity contribution in [2.24, 2.45) is 11.8 Å². The van der Waals surface area contributed by atoms with Gasteiger partial charge in [0.15, 0.2) is 0 Å². The minimum atomic E-state index is -4.12. The Morgan fingerprint density at radius 3 is 2.25 bits per heavy atom. The molecule has 1 unspecified atom stereocenters. The van der Waals surface area contributed by atoms with Crippen LogP contribution in [-0.2, 0) is 0 Å². The molecular formula is C16H25F3O. The zero-order valence-electron chi connectivity index (χ0n) is 12.5. The highest BCUT2D eigenvalue weighted by Crippen LogP contribution is 2.29. The van der Waals surface area contributed by atoms with Gasteiger partial charge in [-0.1, -0.05) is 39.0 Å². The Morgan fingerprint density at radius 1 is 1.20 bits per heavy atom. The third-order valence-electron chi connectivity index (χ3n) is 2.93. The summed E-state index contributed by atoms with van der Waals surface area (Å²) in [5.74, 6) is 0.0662. The summed E-state index contributed by atoms with van der Waals surface area (Å²) in [4.78, 5) is 0. The van der Waals surface area contributed by atoms with E-state index in [0.29, 0.717) is 12.3 Å². The summed E-state index contributed by atoms with van der Waals surface area (Å²) in [5.41, 5.74) is 0.934. The molecule has 0 heterocycles. The van der Waals surface area contributed by atoms with Crippen LogP contribution in [0.5, 0.6) is 0 Å². The summed E-state index contributed by atoms with van der Waals surface area (Å²) in [7, 11) is 0. The maximum absolute atomic E-state index is 12.4. The molecule has 0 aliphatic heterocycles. The second kappa shape index (κ2) is 8.88. The second-order valence-corrected chi connectivity index (χ2v) is 5.68. The van der Waals surface area contributed by atoms with E-state index in [1.54, 1.807) is 13.0 Å². The summed E-state index contributed by atoms with van der Waals surface area (Å²) < 4.78 is 37.1. The molecule has 20 heavy (non-hydrogen) atoms. The fourth-order valence-corrected chi connectivity index (χ4v) is 1.91. The van der Waals surface area contributed by atoms with Crippen molar-refractivity contribution < 1.29 is 18.3 Å². The summed E-state index contributed by atoms with van der Waals surface area (Å²) in [6.45, 7) is 9.19. The van der Waals surface area contributed by atoms with Crippen LogP contribution in [0.1, 0.15) is 46.5 Å². The number of aliphatic hydroxyl groups is 1. The van der Waals surface area contributed by atoms with Gasteiger partial charge in [-0.3, -0.25) is 0 Å². The molecule has 0 bridgehead atoms. The van der Waals surface area contributed by atoms with Gasteiger partial charge in [-0.05, 0) is 43.3 Å². The topological polar surface area (TPSA) is 20.2 Å². The van der Waals surface area contributed by atoms with Crippen LogP contribution in [0.15, 0.2) is 36.1 Å². The molecule has 4 heteroatoms. The van der Waals surface area contributed by atoms with Crippen LogP contribution in [0.2, 0.25) is 0 Å². The minimum Gasteiger partial charge on any atom is -0.508 e. The van der Waals surface area contributed by atoms with Gasteiger partial charge in [0, 0.05) is 6.42 Å². The quantitative estimate of drug-likeness (QED) is 0.432. The van der Waals surface area contributed by atoms with E-state index in [1.165, 1.54) is 12.2 Å². The van der Waals surface area contributed by atoms with Crippen molar-refractivity contribution in [3.05, 3.63) is 36.1 Å². The van der Waals surface area contributed by atoms with Crippen LogP contribution in [0, 0.1) is 11.8 Å². The second-order valence-electron chi connectivity index (χ2n) is 5.68. The Labute approximate surface area is 119 Å². The third-order valence-corrected chi connectivity index (χ3v) is 2.93. The predicted molar refractivity (Wildman–Crippen MR) is 77.5 cm³/mol. The average molecular weight is 290 g/mol. The average Bonchev–Trinajstić information content (AvgIpc) is 2.29. The van der Waals surface area contributed by atoms with E-state index in [-0.39, 0.29) is 5.76 Å². The molecule has 0 aromatic carbocycles. The number of allylic oxidation sites excluding steroid dienone is 4. The van der Waals surface area contributed by atoms with E-state index in [1.807, 2.05) is 0 Å². The molecule has 0 rings (SSSR count). The van der Waals surface area contributed by atoms with Crippen LogP contribution >= 0.6 is 0 Å². The van der Waals surface area contributed by atoms with E-state index >= 15 is 0 Å². The Kier molecular flexibility index (Phi) is 8.35. The van der Waals surface area contributed by atoms with Crippen molar-refractivity contribution in [3.63, 3.8) is 0 Å². The molecule has 1 nitrogen and oxygen atoms in total. The van der Waals surface area contributed by atoms with Gasteiger partial charge in [-0.25, -0.2) is 0 Å². The molecule has 1 N–H and O–H groups in total. The summed E-state index contributed by atoms with van der Waals surface area (Å²) in [5, 5.41) is 9.32. The lowest BCUT2D eigenvalue weighted by Gasteiger charge is -2.16. The van der Waals surface area contributed by atoms with Crippen LogP contribution in [0.25, 0.3) is 0 Å². The number of alkyl halides is 3. The Bertz CT molecular complexity index is 351. The summed E-state index contributed by atoms with van der Waals surface area (Å²) >= 11 is 0. The Morgan fingerprint density at radius 2 is 1.80 bits per heavy atom. The Hall–Kier alpha value is -1.19. The van der Waals surface area contributed by atoms with Gasteiger partial charge in [-0.15, -0.1) is 0 Å². The zero-order chi connectivity index (χ0) is 15.8. The first-order valence-corrected chi connectivity index (χ1v) is 6.92. The Balaban J connectivity index is 4.72. The van der Waals surface area contributed by atoms with Crippen LogP contribution < -0.4 is 0 Å². The van der Waals surface area contributed by atoms with Crippen LogP contribution in [0.4, 0.5) is 13.2 Å². The standard InChI is InChI=1S/C16H25F3O/c1-5-15(20)9-8-14(7-6-12(2)3)10-13(4)11-16(17,18)19/h5,8-9,12-13,20H,1,6-7,10-11H2,2-4H3/b14-8+,15-9+. The number of hydrogen-bond donors (Lipinski definition) is 1. The van der Waals surface area contributed by atoms with Crippen molar-refractivity contribution in [3.8, 4) is 0 Å². The van der Waals surface area contributed by atoms with E-state index in [0.717, 1.165) is 18.4 Å². The zero-order valence-corrected chi connectivity index (χ0v) is 12.5. The highest BCUT2D eigenvalue weighted by Gasteiger charge is 2.30. The van der Waals surface area contributed by atoms with Crippen molar-refractivity contribution in [2.45, 2.75) is 52.6 Å². The van der Waals surface area contributed by atoms with E-state index in [4.69, 9.17) is 0 Å². The maximum atomic E-state index is 12.4. The van der Waals surface area contributed by atoms with Crippen molar-refractivity contribution in [1.82, 2.24) is 0 Å². The molecule has 0 radical (unpaired) electrons. The van der Waals surface area contributed by atoms with Gasteiger partial charge in [0.05, 0.1) is 0 Å². The molecule has 0 fully saturated rings. The van der Waals surface area contributed by atoms with Gasteiger partial charge in [0.1, 0.15) is 5.76 Å². The highest BCUT2D eigenvalue weighted by atomic mass is 19.4. The molecule has 0 saturated heterocycles. The molecule has 0 amide bonds.